The highest BCUT2D eigenvalue weighted by Crippen LogP contribution is 2.29. The number of rotatable bonds is 5. The predicted molar refractivity (Wildman–Crippen MR) is 103 cm³/mol. The largest absolute Gasteiger partial charge is 0.466 e. The van der Waals surface area contributed by atoms with Crippen LogP contribution in [0.25, 0.3) is 5.69 Å². The maximum Gasteiger partial charge on any atom is 0.325 e. The third-order valence-electron chi connectivity index (χ3n) is 4.76. The first kappa shape index (κ1) is 19.4. The van der Waals surface area contributed by atoms with E-state index in [9.17, 15) is 18.8 Å². The molecule has 4 amide bonds. The normalized spacial score (nSPS) is 18.6. The lowest BCUT2D eigenvalue weighted by Crippen LogP contribution is -2.42. The number of hydrogen-bond donors (Lipinski definition) is 2. The van der Waals surface area contributed by atoms with Gasteiger partial charge in [-0.05, 0) is 50.2 Å². The van der Waals surface area contributed by atoms with Crippen LogP contribution in [-0.2, 0) is 15.1 Å². The zero-order valence-electron chi connectivity index (χ0n) is 16.2. The summed E-state index contributed by atoms with van der Waals surface area (Å²) in [6.45, 7) is 2.76. The molecule has 0 radical (unpaired) electrons. The molecule has 0 aliphatic carbocycles. The molecule has 4 rings (SSSR count). The van der Waals surface area contributed by atoms with Crippen molar-refractivity contribution in [2.75, 3.05) is 11.9 Å². The second kappa shape index (κ2) is 7.14. The Kier molecular flexibility index (Phi) is 4.61. The van der Waals surface area contributed by atoms with Crippen LogP contribution in [0.15, 0.2) is 53.1 Å². The first-order valence-electron chi connectivity index (χ1n) is 9.08. The molecule has 9 nitrogen and oxygen atoms in total. The smallest absolute Gasteiger partial charge is 0.325 e. The number of benzene rings is 1. The Morgan fingerprint density at radius 3 is 2.67 bits per heavy atom. The summed E-state index contributed by atoms with van der Waals surface area (Å²) in [5.41, 5.74) is -0.219. The van der Waals surface area contributed by atoms with E-state index in [0.717, 1.165) is 4.90 Å². The molecular weight excluding hydrogens is 393 g/mol. The molecule has 2 N–H and O–H groups in total. The van der Waals surface area contributed by atoms with E-state index in [-0.39, 0.29) is 5.76 Å². The van der Waals surface area contributed by atoms with Crippen molar-refractivity contribution in [2.45, 2.75) is 19.4 Å². The highest BCUT2D eigenvalue weighted by molar-refractivity contribution is 6.09. The highest BCUT2D eigenvalue weighted by Gasteiger charge is 2.51. The SMILES string of the molecule is Cc1cc(NC(=O)CN2C(=O)NC(C)(c3ccco3)C2=O)n(-c2ccc(F)cc2)n1. The minimum atomic E-state index is -1.38. The van der Waals surface area contributed by atoms with Crippen LogP contribution < -0.4 is 10.6 Å². The van der Waals surface area contributed by atoms with Gasteiger partial charge in [-0.15, -0.1) is 0 Å². The summed E-state index contributed by atoms with van der Waals surface area (Å²) >= 11 is 0. The number of halogens is 1. The Bertz CT molecular complexity index is 1120. The number of furan rings is 1. The van der Waals surface area contributed by atoms with Crippen molar-refractivity contribution in [3.8, 4) is 5.69 Å². The topological polar surface area (TPSA) is 109 Å². The number of aromatic nitrogens is 2. The summed E-state index contributed by atoms with van der Waals surface area (Å²) in [7, 11) is 0. The average molecular weight is 411 g/mol. The van der Waals surface area contributed by atoms with Gasteiger partial charge in [0, 0.05) is 6.07 Å². The fourth-order valence-electron chi connectivity index (χ4n) is 3.26. The van der Waals surface area contributed by atoms with E-state index in [1.165, 1.54) is 42.1 Å². The standard InChI is InChI=1S/C20H18FN5O4/c1-12-10-16(26(24-12)14-7-5-13(21)6-8-14)22-17(27)11-25-18(28)20(2,23-19(25)29)15-4-3-9-30-15/h3-10H,11H2,1-2H3,(H,22,27)(H,23,29). The maximum atomic E-state index is 13.2. The lowest BCUT2D eigenvalue weighted by atomic mass is 9.99. The van der Waals surface area contributed by atoms with Crippen LogP contribution in [0.1, 0.15) is 18.4 Å². The number of nitrogens with zero attached hydrogens (tertiary/aromatic N) is 3. The van der Waals surface area contributed by atoms with Gasteiger partial charge in [0.15, 0.2) is 5.54 Å². The van der Waals surface area contributed by atoms with E-state index in [2.05, 4.69) is 15.7 Å². The molecular formula is C20H18FN5O4. The third kappa shape index (κ3) is 3.32. The number of hydrogen-bond acceptors (Lipinski definition) is 5. The van der Waals surface area contributed by atoms with Gasteiger partial charge in [0.05, 0.1) is 17.6 Å². The number of imide groups is 1. The Labute approximate surface area is 170 Å². The van der Waals surface area contributed by atoms with Crippen LogP contribution >= 0.6 is 0 Å². The summed E-state index contributed by atoms with van der Waals surface area (Å²) in [5, 5.41) is 9.49. The number of carbonyl (C=O) groups excluding carboxylic acids is 3. The molecule has 0 saturated carbocycles. The molecule has 1 unspecified atom stereocenters. The molecule has 1 aliphatic heterocycles. The molecule has 1 saturated heterocycles. The summed E-state index contributed by atoms with van der Waals surface area (Å²) < 4.78 is 19.9. The number of urea groups is 1. The molecule has 154 valence electrons. The highest BCUT2D eigenvalue weighted by atomic mass is 19.1. The molecule has 0 bridgehead atoms. The van der Waals surface area contributed by atoms with Crippen LogP contribution in [0.5, 0.6) is 0 Å². The molecule has 3 heterocycles. The minimum Gasteiger partial charge on any atom is -0.466 e. The Morgan fingerprint density at radius 2 is 2.00 bits per heavy atom. The zero-order valence-corrected chi connectivity index (χ0v) is 16.2. The van der Waals surface area contributed by atoms with Gasteiger partial charge in [-0.2, -0.15) is 5.10 Å². The lowest BCUT2D eigenvalue weighted by Gasteiger charge is -2.18. The minimum absolute atomic E-state index is 0.272. The van der Waals surface area contributed by atoms with Crippen molar-refractivity contribution in [3.05, 3.63) is 66.0 Å². The van der Waals surface area contributed by atoms with Gasteiger partial charge in [0.2, 0.25) is 5.91 Å². The Morgan fingerprint density at radius 1 is 1.27 bits per heavy atom. The zero-order chi connectivity index (χ0) is 21.5. The molecule has 1 atom stereocenters. The Balaban J connectivity index is 1.51. The molecule has 1 aromatic carbocycles. The third-order valence-corrected chi connectivity index (χ3v) is 4.76. The maximum absolute atomic E-state index is 13.2. The summed E-state index contributed by atoms with van der Waals surface area (Å²) in [5.74, 6) is -0.989. The van der Waals surface area contributed by atoms with Crippen molar-refractivity contribution in [1.82, 2.24) is 20.0 Å². The number of anilines is 1. The number of amides is 4. The van der Waals surface area contributed by atoms with Crippen molar-refractivity contribution < 1.29 is 23.2 Å². The Hall–Kier alpha value is -3.95. The van der Waals surface area contributed by atoms with Gasteiger partial charge in [0.25, 0.3) is 5.91 Å². The van der Waals surface area contributed by atoms with Crippen molar-refractivity contribution >= 4 is 23.7 Å². The number of nitrogens with one attached hydrogen (secondary N) is 2. The number of aryl methyl sites for hydroxylation is 1. The molecule has 1 aliphatic rings. The van der Waals surface area contributed by atoms with Gasteiger partial charge >= 0.3 is 6.03 Å². The molecule has 1 fully saturated rings. The van der Waals surface area contributed by atoms with E-state index >= 15 is 0 Å². The summed E-state index contributed by atoms with van der Waals surface area (Å²) in [6.07, 6.45) is 1.40. The monoisotopic (exact) mass is 411 g/mol. The molecule has 3 aromatic rings. The van der Waals surface area contributed by atoms with E-state index in [4.69, 9.17) is 4.42 Å². The molecule has 30 heavy (non-hydrogen) atoms. The van der Waals surface area contributed by atoms with Crippen molar-refractivity contribution in [3.63, 3.8) is 0 Å². The van der Waals surface area contributed by atoms with Crippen LogP contribution in [0.2, 0.25) is 0 Å². The predicted octanol–water partition coefficient (Wildman–Crippen LogP) is 2.32. The van der Waals surface area contributed by atoms with Gasteiger partial charge in [-0.25, -0.2) is 13.9 Å². The van der Waals surface area contributed by atoms with Crippen molar-refractivity contribution in [1.29, 1.82) is 0 Å². The second-order valence-corrected chi connectivity index (χ2v) is 7.03. The number of carbonyl (C=O) groups is 3. The van der Waals surface area contributed by atoms with Gasteiger partial charge in [-0.1, -0.05) is 0 Å². The van der Waals surface area contributed by atoms with Gasteiger partial charge in [-0.3, -0.25) is 14.5 Å². The second-order valence-electron chi connectivity index (χ2n) is 7.03. The van der Waals surface area contributed by atoms with E-state index in [1.54, 1.807) is 25.1 Å². The van der Waals surface area contributed by atoms with Crippen LogP contribution in [0.4, 0.5) is 15.0 Å². The van der Waals surface area contributed by atoms with Crippen LogP contribution in [-0.4, -0.2) is 39.1 Å². The quantitative estimate of drug-likeness (QED) is 0.626. The van der Waals surface area contributed by atoms with E-state index < -0.39 is 35.7 Å². The van der Waals surface area contributed by atoms with Gasteiger partial charge in [0.1, 0.15) is 23.9 Å². The fourth-order valence-corrected chi connectivity index (χ4v) is 3.26. The molecule has 0 spiro atoms. The lowest BCUT2D eigenvalue weighted by molar-refractivity contribution is -0.134. The van der Waals surface area contributed by atoms with Gasteiger partial charge < -0.3 is 15.1 Å². The summed E-state index contributed by atoms with van der Waals surface area (Å²) in [6, 6.07) is 9.70. The van der Waals surface area contributed by atoms with E-state index in [0.29, 0.717) is 17.2 Å². The van der Waals surface area contributed by atoms with Crippen molar-refractivity contribution in [2.24, 2.45) is 0 Å². The van der Waals surface area contributed by atoms with Crippen LogP contribution in [0.3, 0.4) is 0 Å². The molecule has 10 heteroatoms. The fraction of sp³-hybridized carbons (Fsp3) is 0.200. The van der Waals surface area contributed by atoms with E-state index in [1.807, 2.05) is 0 Å². The van der Waals surface area contributed by atoms with Crippen LogP contribution in [0, 0.1) is 12.7 Å². The average Bonchev–Trinajstić information content (AvgIpc) is 3.40. The summed E-state index contributed by atoms with van der Waals surface area (Å²) in [4.78, 5) is 38.5. The first-order valence-corrected chi connectivity index (χ1v) is 9.08. The molecule has 2 aromatic heterocycles. The first-order chi connectivity index (χ1) is 14.3.